The predicted molar refractivity (Wildman–Crippen MR) is 95.0 cm³/mol. The Morgan fingerprint density at radius 3 is 2.73 bits per heavy atom. The van der Waals surface area contributed by atoms with Gasteiger partial charge in [-0.3, -0.25) is 0 Å². The Morgan fingerprint density at radius 2 is 2.09 bits per heavy atom. The largest absolute Gasteiger partial charge is 0.463 e. The zero-order valence-corrected chi connectivity index (χ0v) is 15.1. The zero-order valence-electron chi connectivity index (χ0n) is 13.6. The first-order chi connectivity index (χ1) is 10.5. The molecule has 0 N–H and O–H groups in total. The SMILES string of the molecule is CCOC(=O)/C(C)=C/c1cc(Br)ccc1N1CCC(C)CC1. The quantitative estimate of drug-likeness (QED) is 0.574. The van der Waals surface area contributed by atoms with Crippen LogP contribution in [0.1, 0.15) is 39.2 Å². The summed E-state index contributed by atoms with van der Waals surface area (Å²) in [7, 11) is 0. The lowest BCUT2D eigenvalue weighted by Gasteiger charge is -2.33. The number of carbonyl (C=O) groups is 1. The fraction of sp³-hybridized carbons (Fsp3) is 0.500. The topological polar surface area (TPSA) is 29.5 Å². The van der Waals surface area contributed by atoms with Gasteiger partial charge >= 0.3 is 5.97 Å². The molecule has 0 bridgehead atoms. The zero-order chi connectivity index (χ0) is 16.1. The monoisotopic (exact) mass is 365 g/mol. The van der Waals surface area contributed by atoms with Crippen molar-refractivity contribution in [2.24, 2.45) is 5.92 Å². The van der Waals surface area contributed by atoms with E-state index < -0.39 is 0 Å². The van der Waals surface area contributed by atoms with E-state index in [2.05, 4.69) is 46.0 Å². The second kappa shape index (κ2) is 7.82. The van der Waals surface area contributed by atoms with Crippen molar-refractivity contribution in [2.75, 3.05) is 24.6 Å². The highest BCUT2D eigenvalue weighted by Gasteiger charge is 2.18. The maximum Gasteiger partial charge on any atom is 0.333 e. The molecule has 1 aliphatic rings. The van der Waals surface area contributed by atoms with Crippen LogP contribution in [0.3, 0.4) is 0 Å². The molecule has 1 aliphatic heterocycles. The summed E-state index contributed by atoms with van der Waals surface area (Å²) in [6.07, 6.45) is 4.36. The van der Waals surface area contributed by atoms with Crippen molar-refractivity contribution in [3.63, 3.8) is 0 Å². The van der Waals surface area contributed by atoms with E-state index in [0.29, 0.717) is 12.2 Å². The van der Waals surface area contributed by atoms with E-state index in [0.717, 1.165) is 29.0 Å². The molecule has 1 aromatic carbocycles. The highest BCUT2D eigenvalue weighted by molar-refractivity contribution is 9.10. The van der Waals surface area contributed by atoms with Crippen molar-refractivity contribution >= 4 is 33.7 Å². The third-order valence-electron chi connectivity index (χ3n) is 4.08. The second-order valence-corrected chi connectivity index (χ2v) is 6.84. The summed E-state index contributed by atoms with van der Waals surface area (Å²) in [4.78, 5) is 14.3. The first-order valence-corrected chi connectivity index (χ1v) is 8.70. The molecule has 0 atom stereocenters. The van der Waals surface area contributed by atoms with Crippen LogP contribution in [-0.4, -0.2) is 25.7 Å². The Labute approximate surface area is 141 Å². The molecule has 1 saturated heterocycles. The van der Waals surface area contributed by atoms with Crippen LogP contribution in [-0.2, 0) is 9.53 Å². The smallest absolute Gasteiger partial charge is 0.333 e. The minimum atomic E-state index is -0.249. The van der Waals surface area contributed by atoms with Gasteiger partial charge in [-0.1, -0.05) is 22.9 Å². The van der Waals surface area contributed by atoms with Gasteiger partial charge in [0, 0.05) is 28.8 Å². The number of piperidine rings is 1. The van der Waals surface area contributed by atoms with E-state index in [-0.39, 0.29) is 5.97 Å². The van der Waals surface area contributed by atoms with Gasteiger partial charge in [-0.2, -0.15) is 0 Å². The van der Waals surface area contributed by atoms with Gasteiger partial charge in [0.15, 0.2) is 0 Å². The van der Waals surface area contributed by atoms with E-state index in [4.69, 9.17) is 4.74 Å². The number of ether oxygens (including phenoxy) is 1. The van der Waals surface area contributed by atoms with Crippen LogP contribution in [0.25, 0.3) is 6.08 Å². The van der Waals surface area contributed by atoms with Crippen molar-refractivity contribution in [3.05, 3.63) is 33.8 Å². The lowest BCUT2D eigenvalue weighted by molar-refractivity contribution is -0.138. The van der Waals surface area contributed by atoms with Crippen LogP contribution in [0, 0.1) is 5.92 Å². The normalized spacial score (nSPS) is 16.7. The Kier molecular flexibility index (Phi) is 6.07. The van der Waals surface area contributed by atoms with Crippen molar-refractivity contribution in [2.45, 2.75) is 33.6 Å². The van der Waals surface area contributed by atoms with E-state index in [1.165, 1.54) is 18.5 Å². The molecule has 0 saturated carbocycles. The minimum absolute atomic E-state index is 0.249. The number of hydrogen-bond acceptors (Lipinski definition) is 3. The molecule has 22 heavy (non-hydrogen) atoms. The second-order valence-electron chi connectivity index (χ2n) is 5.92. The highest BCUT2D eigenvalue weighted by Crippen LogP contribution is 2.30. The van der Waals surface area contributed by atoms with Gasteiger partial charge in [0.1, 0.15) is 0 Å². The van der Waals surface area contributed by atoms with Crippen molar-refractivity contribution < 1.29 is 9.53 Å². The predicted octanol–water partition coefficient (Wildman–Crippen LogP) is 4.65. The molecular weight excluding hydrogens is 342 g/mol. The first-order valence-electron chi connectivity index (χ1n) is 7.91. The summed E-state index contributed by atoms with van der Waals surface area (Å²) >= 11 is 3.52. The summed E-state index contributed by atoms with van der Waals surface area (Å²) in [6, 6.07) is 6.25. The third-order valence-corrected chi connectivity index (χ3v) is 4.58. The average molecular weight is 366 g/mol. The van der Waals surface area contributed by atoms with Crippen molar-refractivity contribution in [3.8, 4) is 0 Å². The standard InChI is InChI=1S/C18H24BrNO2/c1-4-22-18(21)14(3)11-15-12-16(19)5-6-17(15)20-9-7-13(2)8-10-20/h5-6,11-13H,4,7-10H2,1-3H3/b14-11+. The van der Waals surface area contributed by atoms with Crippen LogP contribution in [0.4, 0.5) is 5.69 Å². The summed E-state index contributed by atoms with van der Waals surface area (Å²) in [6.45, 7) is 8.49. The van der Waals surface area contributed by atoms with Gasteiger partial charge in [0.25, 0.3) is 0 Å². The average Bonchev–Trinajstić information content (AvgIpc) is 2.49. The van der Waals surface area contributed by atoms with E-state index in [9.17, 15) is 4.79 Å². The van der Waals surface area contributed by atoms with Gasteiger partial charge in [-0.25, -0.2) is 4.79 Å². The van der Waals surface area contributed by atoms with Gasteiger partial charge in [-0.05, 0) is 62.4 Å². The molecule has 2 rings (SSSR count). The lowest BCUT2D eigenvalue weighted by atomic mass is 9.98. The van der Waals surface area contributed by atoms with Gasteiger partial charge in [-0.15, -0.1) is 0 Å². The Morgan fingerprint density at radius 1 is 1.41 bits per heavy atom. The molecule has 0 amide bonds. The van der Waals surface area contributed by atoms with Crippen molar-refractivity contribution in [1.82, 2.24) is 0 Å². The number of hydrogen-bond donors (Lipinski definition) is 0. The number of esters is 1. The molecule has 0 aliphatic carbocycles. The van der Waals surface area contributed by atoms with Gasteiger partial charge in [0.2, 0.25) is 0 Å². The number of anilines is 1. The first kappa shape index (κ1) is 17.1. The minimum Gasteiger partial charge on any atom is -0.463 e. The van der Waals surface area contributed by atoms with Crippen LogP contribution in [0.2, 0.25) is 0 Å². The van der Waals surface area contributed by atoms with Gasteiger partial charge < -0.3 is 9.64 Å². The number of rotatable bonds is 4. The van der Waals surface area contributed by atoms with Gasteiger partial charge in [0.05, 0.1) is 6.61 Å². The molecule has 4 heteroatoms. The Balaban J connectivity index is 2.28. The molecule has 1 fully saturated rings. The molecule has 1 aromatic rings. The van der Waals surface area contributed by atoms with Crippen LogP contribution in [0.5, 0.6) is 0 Å². The fourth-order valence-corrected chi connectivity index (χ4v) is 3.09. The number of carbonyl (C=O) groups excluding carboxylic acids is 1. The number of halogens is 1. The summed E-state index contributed by atoms with van der Waals surface area (Å²) in [5.74, 6) is 0.549. The number of benzene rings is 1. The van der Waals surface area contributed by atoms with Crippen LogP contribution in [0.15, 0.2) is 28.2 Å². The summed E-state index contributed by atoms with van der Waals surface area (Å²) in [5, 5.41) is 0. The van der Waals surface area contributed by atoms with E-state index >= 15 is 0 Å². The van der Waals surface area contributed by atoms with E-state index in [1.54, 1.807) is 6.92 Å². The molecule has 0 aromatic heterocycles. The van der Waals surface area contributed by atoms with Crippen LogP contribution < -0.4 is 4.90 Å². The fourth-order valence-electron chi connectivity index (χ4n) is 2.72. The molecule has 0 spiro atoms. The van der Waals surface area contributed by atoms with Crippen molar-refractivity contribution in [1.29, 1.82) is 0 Å². The summed E-state index contributed by atoms with van der Waals surface area (Å²) in [5.41, 5.74) is 2.89. The molecular formula is C18H24BrNO2. The summed E-state index contributed by atoms with van der Waals surface area (Å²) < 4.78 is 6.09. The highest BCUT2D eigenvalue weighted by atomic mass is 79.9. The van der Waals surface area contributed by atoms with E-state index in [1.807, 2.05) is 13.0 Å². The Hall–Kier alpha value is -1.29. The molecule has 0 radical (unpaired) electrons. The lowest BCUT2D eigenvalue weighted by Crippen LogP contribution is -2.33. The molecule has 120 valence electrons. The maximum absolute atomic E-state index is 11.8. The maximum atomic E-state index is 11.8. The van der Waals surface area contributed by atoms with Crippen LogP contribution >= 0.6 is 15.9 Å². The Bertz CT molecular complexity index is 560. The third kappa shape index (κ3) is 4.35. The number of nitrogens with zero attached hydrogens (tertiary/aromatic N) is 1. The molecule has 3 nitrogen and oxygen atoms in total. The molecule has 0 unspecified atom stereocenters. The molecule has 1 heterocycles.